The number of nitrogens with zero attached hydrogens (tertiary/aromatic N) is 4. The van der Waals surface area contributed by atoms with E-state index in [1.54, 1.807) is 48.7 Å². The van der Waals surface area contributed by atoms with Crippen LogP contribution in [0.1, 0.15) is 21.7 Å². The number of allylic oxidation sites excluding steroid dienone is 1. The standard InChI is InChI=1S/C24H21N5O4S/c1-2-13-28-22(18-9-11-20(12-10-18)29(31)32)26-27-24(28)34-16-17-5-7-19(8-6-17)23(30)25-15-21-4-3-14-33-21/h2-12,14H,1,13,15-16H2,(H,25,30). The van der Waals surface area contributed by atoms with Crippen molar-refractivity contribution < 1.29 is 14.1 Å². The van der Waals surface area contributed by atoms with Crippen molar-refractivity contribution in [3.8, 4) is 11.4 Å². The van der Waals surface area contributed by atoms with Gasteiger partial charge >= 0.3 is 0 Å². The fourth-order valence-electron chi connectivity index (χ4n) is 3.22. The molecule has 0 saturated heterocycles. The molecule has 2 aromatic heterocycles. The number of aromatic nitrogens is 3. The Hall–Kier alpha value is -4.18. The lowest BCUT2D eigenvalue weighted by molar-refractivity contribution is -0.384. The second-order valence-electron chi connectivity index (χ2n) is 7.26. The quantitative estimate of drug-likeness (QED) is 0.151. The molecule has 0 spiro atoms. The summed E-state index contributed by atoms with van der Waals surface area (Å²) in [4.78, 5) is 22.8. The first-order chi connectivity index (χ1) is 16.5. The van der Waals surface area contributed by atoms with Crippen molar-refractivity contribution in [3.05, 3.63) is 107 Å². The Morgan fingerprint density at radius 1 is 1.15 bits per heavy atom. The molecule has 0 fully saturated rings. The molecular weight excluding hydrogens is 454 g/mol. The number of hydrogen-bond donors (Lipinski definition) is 1. The summed E-state index contributed by atoms with van der Waals surface area (Å²) < 4.78 is 7.13. The van der Waals surface area contributed by atoms with Crippen LogP contribution in [0.15, 0.2) is 89.2 Å². The number of nitro groups is 1. The topological polar surface area (TPSA) is 116 Å². The van der Waals surface area contributed by atoms with Crippen LogP contribution in [0.4, 0.5) is 5.69 Å². The van der Waals surface area contributed by atoms with Gasteiger partial charge in [0.2, 0.25) is 0 Å². The molecule has 1 N–H and O–H groups in total. The minimum atomic E-state index is -0.437. The second-order valence-corrected chi connectivity index (χ2v) is 8.20. The molecule has 0 unspecified atom stereocenters. The Morgan fingerprint density at radius 3 is 2.56 bits per heavy atom. The van der Waals surface area contributed by atoms with Gasteiger partial charge in [-0.25, -0.2) is 0 Å². The summed E-state index contributed by atoms with van der Waals surface area (Å²) in [5, 5.41) is 23.0. The van der Waals surface area contributed by atoms with Gasteiger partial charge in [-0.3, -0.25) is 19.5 Å². The Labute approximate surface area is 199 Å². The number of furan rings is 1. The van der Waals surface area contributed by atoms with E-state index in [9.17, 15) is 14.9 Å². The van der Waals surface area contributed by atoms with Gasteiger partial charge in [-0.05, 0) is 42.0 Å². The number of nitrogens with one attached hydrogen (secondary N) is 1. The van der Waals surface area contributed by atoms with Gasteiger partial charge in [0, 0.05) is 35.6 Å². The summed E-state index contributed by atoms with van der Waals surface area (Å²) in [6.07, 6.45) is 3.32. The Bertz CT molecular complexity index is 1280. The minimum absolute atomic E-state index is 0.0197. The molecule has 34 heavy (non-hydrogen) atoms. The highest BCUT2D eigenvalue weighted by molar-refractivity contribution is 7.98. The van der Waals surface area contributed by atoms with Gasteiger partial charge < -0.3 is 9.73 Å². The van der Waals surface area contributed by atoms with Crippen molar-refractivity contribution in [1.29, 1.82) is 0 Å². The lowest BCUT2D eigenvalue weighted by Gasteiger charge is -2.08. The molecular formula is C24H21N5O4S. The molecule has 0 bridgehead atoms. The zero-order chi connectivity index (χ0) is 23.9. The molecule has 2 heterocycles. The molecule has 172 valence electrons. The summed E-state index contributed by atoms with van der Waals surface area (Å²) in [6.45, 7) is 4.64. The van der Waals surface area contributed by atoms with Gasteiger partial charge in [0.1, 0.15) is 5.76 Å². The first-order valence-corrected chi connectivity index (χ1v) is 11.3. The van der Waals surface area contributed by atoms with Gasteiger partial charge in [0.05, 0.1) is 17.7 Å². The van der Waals surface area contributed by atoms with Crippen molar-refractivity contribution >= 4 is 23.4 Å². The van der Waals surface area contributed by atoms with Gasteiger partial charge in [-0.2, -0.15) is 0 Å². The number of thioether (sulfide) groups is 1. The predicted octanol–water partition coefficient (Wildman–Crippen LogP) is 4.85. The zero-order valence-corrected chi connectivity index (χ0v) is 18.9. The summed E-state index contributed by atoms with van der Waals surface area (Å²) >= 11 is 1.51. The fraction of sp³-hybridized carbons (Fsp3) is 0.125. The SMILES string of the molecule is C=CCn1c(SCc2ccc(C(=O)NCc3ccco3)cc2)nnc1-c1ccc([N+](=O)[O-])cc1. The number of carbonyl (C=O) groups excluding carboxylic acids is 1. The molecule has 2 aromatic carbocycles. The Kier molecular flexibility index (Phi) is 7.19. The number of hydrogen-bond acceptors (Lipinski definition) is 7. The van der Waals surface area contributed by atoms with Crippen LogP contribution in [0.5, 0.6) is 0 Å². The van der Waals surface area contributed by atoms with E-state index >= 15 is 0 Å². The molecule has 4 rings (SSSR count). The number of non-ortho nitro benzene ring substituents is 1. The molecule has 4 aromatic rings. The van der Waals surface area contributed by atoms with Crippen LogP contribution in [0.3, 0.4) is 0 Å². The highest BCUT2D eigenvalue weighted by Gasteiger charge is 2.15. The van der Waals surface area contributed by atoms with E-state index in [1.807, 2.05) is 16.7 Å². The summed E-state index contributed by atoms with van der Waals surface area (Å²) in [5.41, 5.74) is 2.34. The van der Waals surface area contributed by atoms with Crippen LogP contribution < -0.4 is 5.32 Å². The van der Waals surface area contributed by atoms with Gasteiger partial charge in [-0.1, -0.05) is 30.0 Å². The number of nitro benzene ring substituents is 1. The fourth-order valence-corrected chi connectivity index (χ4v) is 4.12. The first-order valence-electron chi connectivity index (χ1n) is 10.4. The highest BCUT2D eigenvalue weighted by atomic mass is 32.2. The van der Waals surface area contributed by atoms with Crippen molar-refractivity contribution in [2.24, 2.45) is 0 Å². The number of rotatable bonds is 10. The molecule has 0 aliphatic carbocycles. The second kappa shape index (κ2) is 10.6. The van der Waals surface area contributed by atoms with E-state index < -0.39 is 4.92 Å². The summed E-state index contributed by atoms with van der Waals surface area (Å²) in [5.74, 6) is 1.76. The largest absolute Gasteiger partial charge is 0.467 e. The predicted molar refractivity (Wildman–Crippen MR) is 128 cm³/mol. The van der Waals surface area contributed by atoms with Crippen molar-refractivity contribution in [1.82, 2.24) is 20.1 Å². The van der Waals surface area contributed by atoms with E-state index in [-0.39, 0.29) is 11.6 Å². The monoisotopic (exact) mass is 475 g/mol. The average molecular weight is 476 g/mol. The summed E-state index contributed by atoms with van der Waals surface area (Å²) in [6, 6.07) is 17.2. The number of carbonyl (C=O) groups is 1. The highest BCUT2D eigenvalue weighted by Crippen LogP contribution is 2.27. The van der Waals surface area contributed by atoms with E-state index in [1.165, 1.54) is 23.9 Å². The maximum Gasteiger partial charge on any atom is 0.269 e. The molecule has 10 heteroatoms. The van der Waals surface area contributed by atoms with Gasteiger partial charge in [0.15, 0.2) is 11.0 Å². The number of amides is 1. The third kappa shape index (κ3) is 5.41. The van der Waals surface area contributed by atoms with Crippen molar-refractivity contribution in [3.63, 3.8) is 0 Å². The normalized spacial score (nSPS) is 10.7. The van der Waals surface area contributed by atoms with Crippen molar-refractivity contribution in [2.75, 3.05) is 0 Å². The third-order valence-corrected chi connectivity index (χ3v) is 5.99. The van der Waals surface area contributed by atoms with Crippen molar-refractivity contribution in [2.45, 2.75) is 24.0 Å². The maximum absolute atomic E-state index is 12.3. The van der Waals surface area contributed by atoms with Gasteiger partial charge in [-0.15, -0.1) is 16.8 Å². The van der Waals surface area contributed by atoms with E-state index in [0.717, 1.165) is 11.1 Å². The average Bonchev–Trinajstić information content (AvgIpc) is 3.52. The van der Waals surface area contributed by atoms with Crippen LogP contribution in [-0.2, 0) is 18.8 Å². The smallest absolute Gasteiger partial charge is 0.269 e. The number of benzene rings is 2. The van der Waals surface area contributed by atoms with Crippen LogP contribution in [0.25, 0.3) is 11.4 Å². The Morgan fingerprint density at radius 2 is 1.91 bits per heavy atom. The third-order valence-electron chi connectivity index (χ3n) is 4.95. The minimum Gasteiger partial charge on any atom is -0.467 e. The van der Waals surface area contributed by atoms with E-state index in [2.05, 4.69) is 22.1 Å². The lowest BCUT2D eigenvalue weighted by atomic mass is 10.1. The molecule has 0 aliphatic rings. The maximum atomic E-state index is 12.3. The molecule has 0 atom stereocenters. The van der Waals surface area contributed by atoms with Crippen LogP contribution in [0, 0.1) is 10.1 Å². The zero-order valence-electron chi connectivity index (χ0n) is 18.1. The van der Waals surface area contributed by atoms with E-state index in [4.69, 9.17) is 4.42 Å². The first kappa shape index (κ1) is 23.0. The molecule has 1 amide bonds. The van der Waals surface area contributed by atoms with E-state index in [0.29, 0.717) is 41.1 Å². The lowest BCUT2D eigenvalue weighted by Crippen LogP contribution is -2.22. The van der Waals surface area contributed by atoms with Crippen LogP contribution in [0.2, 0.25) is 0 Å². The molecule has 0 saturated carbocycles. The molecule has 9 nitrogen and oxygen atoms in total. The van der Waals surface area contributed by atoms with Crippen LogP contribution >= 0.6 is 11.8 Å². The molecule has 0 aliphatic heterocycles. The van der Waals surface area contributed by atoms with Gasteiger partial charge in [0.25, 0.3) is 11.6 Å². The summed E-state index contributed by atoms with van der Waals surface area (Å²) in [7, 11) is 0. The Balaban J connectivity index is 1.41. The van der Waals surface area contributed by atoms with Crippen LogP contribution in [-0.4, -0.2) is 25.6 Å². The molecule has 0 radical (unpaired) electrons.